The van der Waals surface area contributed by atoms with E-state index in [1.807, 2.05) is 0 Å². The van der Waals surface area contributed by atoms with E-state index in [1.165, 1.54) is 0 Å². The van der Waals surface area contributed by atoms with E-state index in [-0.39, 0.29) is 23.9 Å². The molecule has 0 aromatic carbocycles. The van der Waals surface area contributed by atoms with Gasteiger partial charge >= 0.3 is 54.4 Å². The van der Waals surface area contributed by atoms with E-state index in [2.05, 4.69) is 0 Å². The molecule has 0 N–H and O–H groups in total. The van der Waals surface area contributed by atoms with Crippen molar-refractivity contribution >= 4 is 44.5 Å². The van der Waals surface area contributed by atoms with Crippen molar-refractivity contribution in [3.05, 3.63) is 0 Å². The summed E-state index contributed by atoms with van der Waals surface area (Å²) in [6.07, 6.45) is 0. The maximum absolute atomic E-state index is 8.61. The average molecular weight is 285 g/mol. The maximum Gasteiger partial charge on any atom is 2.00 e. The maximum atomic E-state index is 8.61. The molecule has 0 bridgehead atoms. The number of rotatable bonds is 0. The molecule has 0 rings (SSSR count). The van der Waals surface area contributed by atoms with Crippen molar-refractivity contribution in [3.63, 3.8) is 0 Å². The Hall–Kier alpha value is 1.32. The van der Waals surface area contributed by atoms with E-state index in [9.17, 15) is 0 Å². The van der Waals surface area contributed by atoms with Crippen LogP contribution in [0.2, 0.25) is 0 Å². The summed E-state index contributed by atoms with van der Waals surface area (Å²) in [5.41, 5.74) is 0. The van der Waals surface area contributed by atoms with Gasteiger partial charge in [-0.2, -0.15) is 0 Å². The van der Waals surface area contributed by atoms with E-state index in [0.29, 0.717) is 0 Å². The van der Waals surface area contributed by atoms with Crippen LogP contribution in [-0.4, -0.2) is 44.5 Å². The van der Waals surface area contributed by atoms with Crippen LogP contribution < -0.4 is 6.89 Å². The van der Waals surface area contributed by atoms with E-state index in [1.54, 1.807) is 0 Å². The first-order valence-electron chi connectivity index (χ1n) is 0.612. The average Bonchev–Trinajstić information content (AvgIpc) is 0.811. The molecular weight excluding hydrogens is 285 g/mol. The summed E-state index contributed by atoms with van der Waals surface area (Å²) < 4.78 is 25.8. The molecule has 5 heavy (non-hydrogen) atoms. The van der Waals surface area contributed by atoms with Gasteiger partial charge in [-0.05, 0) is 0 Å². The molecular formula is O3Sn2. The predicted molar refractivity (Wildman–Crippen MR) is 12.2 cm³/mol. The van der Waals surface area contributed by atoms with Gasteiger partial charge in [0.05, 0.1) is 0 Å². The Kier molecular flexibility index (Phi) is 10.2. The second kappa shape index (κ2) is 5.32. The fourth-order valence-electron chi connectivity index (χ4n) is 0. The SMILES string of the molecule is [O]=[Sn]([O-])[O-].[Sn+2]. The Bertz CT molecular complexity index is 27.9. The molecule has 26 valence electrons. The zero-order valence-corrected chi connectivity index (χ0v) is 7.93. The molecule has 3 nitrogen and oxygen atoms in total. The summed E-state index contributed by atoms with van der Waals surface area (Å²) in [7, 11) is 0. The molecule has 0 aromatic heterocycles. The van der Waals surface area contributed by atoms with Gasteiger partial charge < -0.3 is 0 Å². The Labute approximate surface area is 54.2 Å². The molecule has 0 aliphatic carbocycles. The van der Waals surface area contributed by atoms with Crippen molar-refractivity contribution < 1.29 is 9.96 Å². The third-order valence-corrected chi connectivity index (χ3v) is 0. The van der Waals surface area contributed by atoms with Crippen LogP contribution >= 0.6 is 0 Å². The summed E-state index contributed by atoms with van der Waals surface area (Å²) in [6, 6.07) is 0. The first-order chi connectivity index (χ1) is 1.73. The molecule has 2 radical (unpaired) electrons. The minimum absolute atomic E-state index is 0. The second-order valence-corrected chi connectivity index (χ2v) is 1.68. The van der Waals surface area contributed by atoms with Crippen molar-refractivity contribution in [2.24, 2.45) is 0 Å². The quantitative estimate of drug-likeness (QED) is 0.439. The zero-order valence-electron chi connectivity index (χ0n) is 2.22. The molecule has 0 aliphatic heterocycles. The summed E-state index contributed by atoms with van der Waals surface area (Å²) >= 11 is -4.29. The predicted octanol–water partition coefficient (Wildman–Crippen LogP) is -3.26. The molecule has 0 atom stereocenters. The fraction of sp³-hybridized carbons (Fsp3) is 0. The third kappa shape index (κ3) is 33.7. The summed E-state index contributed by atoms with van der Waals surface area (Å²) in [5.74, 6) is 0. The molecule has 0 heterocycles. The van der Waals surface area contributed by atoms with Crippen LogP contribution in [0, 0.1) is 0 Å². The normalized spacial score (nSPS) is 5.20. The van der Waals surface area contributed by atoms with Crippen molar-refractivity contribution in [1.29, 1.82) is 0 Å². The Morgan fingerprint density at radius 1 is 1.40 bits per heavy atom. The molecule has 0 spiro atoms. The van der Waals surface area contributed by atoms with E-state index < -0.39 is 20.6 Å². The van der Waals surface area contributed by atoms with Crippen LogP contribution in [0.3, 0.4) is 0 Å². The largest absolute Gasteiger partial charge is 2.00 e. The Morgan fingerprint density at radius 2 is 1.40 bits per heavy atom. The van der Waals surface area contributed by atoms with Crippen LogP contribution in [-0.2, 0) is 3.08 Å². The Morgan fingerprint density at radius 3 is 1.40 bits per heavy atom. The molecule has 0 amide bonds. The summed E-state index contributed by atoms with van der Waals surface area (Å²) in [5, 5.41) is 0. The van der Waals surface area contributed by atoms with Crippen molar-refractivity contribution in [2.45, 2.75) is 0 Å². The second-order valence-electron chi connectivity index (χ2n) is 0.250. The van der Waals surface area contributed by atoms with Gasteiger partial charge in [0.1, 0.15) is 0 Å². The zero-order chi connectivity index (χ0) is 3.58. The monoisotopic (exact) mass is 288 g/mol. The molecule has 0 aromatic rings. The van der Waals surface area contributed by atoms with Crippen LogP contribution in [0.1, 0.15) is 0 Å². The van der Waals surface area contributed by atoms with Crippen LogP contribution in [0.4, 0.5) is 0 Å². The first kappa shape index (κ1) is 9.58. The van der Waals surface area contributed by atoms with E-state index >= 15 is 0 Å². The fourth-order valence-corrected chi connectivity index (χ4v) is 0. The standard InChI is InChI=1S/3O.2Sn/q;2*-1;;+2. The third-order valence-electron chi connectivity index (χ3n) is 0. The summed E-state index contributed by atoms with van der Waals surface area (Å²) in [6.45, 7) is 0. The van der Waals surface area contributed by atoms with Crippen LogP contribution in [0.15, 0.2) is 0 Å². The number of hydrogen-bond acceptors (Lipinski definition) is 3. The molecule has 5 heteroatoms. The molecule has 0 unspecified atom stereocenters. The van der Waals surface area contributed by atoms with E-state index in [0.717, 1.165) is 0 Å². The van der Waals surface area contributed by atoms with Gasteiger partial charge in [-0.1, -0.05) is 0 Å². The van der Waals surface area contributed by atoms with Gasteiger partial charge in [0.25, 0.3) is 0 Å². The topological polar surface area (TPSA) is 63.2 Å². The minimum Gasteiger partial charge on any atom is 2.00 e. The van der Waals surface area contributed by atoms with Crippen LogP contribution in [0.5, 0.6) is 0 Å². The van der Waals surface area contributed by atoms with Gasteiger partial charge in [0, 0.05) is 0 Å². The van der Waals surface area contributed by atoms with Gasteiger partial charge in [-0.3, -0.25) is 0 Å². The minimum atomic E-state index is -4.29. The molecule has 0 saturated heterocycles. The van der Waals surface area contributed by atoms with Crippen molar-refractivity contribution in [2.75, 3.05) is 0 Å². The summed E-state index contributed by atoms with van der Waals surface area (Å²) in [4.78, 5) is 0. The Balaban J connectivity index is 0. The van der Waals surface area contributed by atoms with Crippen molar-refractivity contribution in [1.82, 2.24) is 0 Å². The molecule has 0 fully saturated rings. The van der Waals surface area contributed by atoms with Gasteiger partial charge in [-0.25, -0.2) is 0 Å². The van der Waals surface area contributed by atoms with Gasteiger partial charge in [-0.15, -0.1) is 0 Å². The molecule has 0 saturated carbocycles. The first-order valence-corrected chi connectivity index (χ1v) is 4.11. The number of hydrogen-bond donors (Lipinski definition) is 0. The van der Waals surface area contributed by atoms with Gasteiger partial charge in [0.15, 0.2) is 0 Å². The van der Waals surface area contributed by atoms with Gasteiger partial charge in [0.2, 0.25) is 0 Å². The van der Waals surface area contributed by atoms with E-state index in [4.69, 9.17) is 9.96 Å². The smallest absolute Gasteiger partial charge is 2.00 e. The van der Waals surface area contributed by atoms with Crippen LogP contribution in [0.25, 0.3) is 0 Å². The molecule has 0 aliphatic rings. The van der Waals surface area contributed by atoms with Crippen molar-refractivity contribution in [3.8, 4) is 0 Å².